The standard InChI is InChI=1S/C14H24O3/c1-4-6-7-8-9-10-13(3)14(15)17-12-16-11-5-2/h5H,2-4,6-12H2,1H3. The number of hydrogen-bond donors (Lipinski definition) is 0. The zero-order valence-corrected chi connectivity index (χ0v) is 10.9. The minimum atomic E-state index is -0.357. The first kappa shape index (κ1) is 15.9. The molecule has 0 aromatic rings. The number of carbonyl (C=O) groups excluding carboxylic acids is 1. The molecular formula is C14H24O3. The van der Waals surface area contributed by atoms with E-state index in [0.29, 0.717) is 18.6 Å². The molecule has 0 aliphatic carbocycles. The maximum absolute atomic E-state index is 11.4. The van der Waals surface area contributed by atoms with Crippen LogP contribution in [0, 0.1) is 0 Å². The third-order valence-electron chi connectivity index (χ3n) is 2.38. The van der Waals surface area contributed by atoms with Crippen molar-refractivity contribution in [3.05, 3.63) is 24.8 Å². The molecule has 0 atom stereocenters. The van der Waals surface area contributed by atoms with Crippen molar-refractivity contribution in [2.45, 2.75) is 45.4 Å². The van der Waals surface area contributed by atoms with Gasteiger partial charge in [0.2, 0.25) is 0 Å². The molecule has 0 aliphatic heterocycles. The minimum absolute atomic E-state index is 0.0281. The lowest BCUT2D eigenvalue weighted by Gasteiger charge is -2.06. The summed E-state index contributed by atoms with van der Waals surface area (Å²) < 4.78 is 9.83. The van der Waals surface area contributed by atoms with E-state index < -0.39 is 0 Å². The van der Waals surface area contributed by atoms with Crippen LogP contribution in [-0.2, 0) is 14.3 Å². The Labute approximate surface area is 104 Å². The second-order valence-electron chi connectivity index (χ2n) is 3.98. The topological polar surface area (TPSA) is 35.5 Å². The maximum atomic E-state index is 11.4. The molecule has 0 saturated carbocycles. The summed E-state index contributed by atoms with van der Waals surface area (Å²) in [6.45, 7) is 9.75. The molecule has 0 saturated heterocycles. The Morgan fingerprint density at radius 2 is 1.94 bits per heavy atom. The van der Waals surface area contributed by atoms with Crippen LogP contribution in [-0.4, -0.2) is 19.4 Å². The third kappa shape index (κ3) is 9.82. The normalized spacial score (nSPS) is 9.94. The van der Waals surface area contributed by atoms with Crippen molar-refractivity contribution < 1.29 is 14.3 Å². The second kappa shape index (κ2) is 11.4. The SMILES string of the molecule is C=CCOCOC(=O)C(=C)CCCCCCC. The zero-order chi connectivity index (χ0) is 12.9. The van der Waals surface area contributed by atoms with Crippen LogP contribution >= 0.6 is 0 Å². The maximum Gasteiger partial charge on any atom is 0.335 e. The molecule has 0 radical (unpaired) electrons. The van der Waals surface area contributed by atoms with Gasteiger partial charge >= 0.3 is 5.97 Å². The highest BCUT2D eigenvalue weighted by atomic mass is 16.7. The smallest absolute Gasteiger partial charge is 0.335 e. The van der Waals surface area contributed by atoms with Gasteiger partial charge in [-0.2, -0.15) is 0 Å². The van der Waals surface area contributed by atoms with Gasteiger partial charge in [0.15, 0.2) is 6.79 Å². The van der Waals surface area contributed by atoms with E-state index in [0.717, 1.165) is 12.8 Å². The van der Waals surface area contributed by atoms with E-state index in [1.165, 1.54) is 19.3 Å². The number of esters is 1. The molecule has 0 rings (SSSR count). The largest absolute Gasteiger partial charge is 0.435 e. The summed E-state index contributed by atoms with van der Waals surface area (Å²) in [6.07, 6.45) is 8.17. The molecule has 17 heavy (non-hydrogen) atoms. The van der Waals surface area contributed by atoms with Crippen LogP contribution in [0.5, 0.6) is 0 Å². The van der Waals surface area contributed by atoms with E-state index in [9.17, 15) is 4.79 Å². The molecule has 0 unspecified atom stereocenters. The number of carbonyl (C=O) groups is 1. The van der Waals surface area contributed by atoms with Crippen molar-refractivity contribution in [1.29, 1.82) is 0 Å². The van der Waals surface area contributed by atoms with Crippen molar-refractivity contribution >= 4 is 5.97 Å². The van der Waals surface area contributed by atoms with Crippen molar-refractivity contribution in [2.75, 3.05) is 13.4 Å². The van der Waals surface area contributed by atoms with Crippen molar-refractivity contribution in [1.82, 2.24) is 0 Å². The average molecular weight is 240 g/mol. The van der Waals surface area contributed by atoms with Crippen LogP contribution in [0.2, 0.25) is 0 Å². The van der Waals surface area contributed by atoms with E-state index in [2.05, 4.69) is 20.1 Å². The molecule has 0 N–H and O–H groups in total. The average Bonchev–Trinajstić information content (AvgIpc) is 2.34. The number of ether oxygens (including phenoxy) is 2. The van der Waals surface area contributed by atoms with E-state index in [4.69, 9.17) is 9.47 Å². The molecule has 0 amide bonds. The van der Waals surface area contributed by atoms with Gasteiger partial charge in [-0.1, -0.05) is 45.3 Å². The summed E-state index contributed by atoms with van der Waals surface area (Å²) >= 11 is 0. The number of rotatable bonds is 11. The fourth-order valence-electron chi connectivity index (χ4n) is 1.37. The molecule has 98 valence electrons. The van der Waals surface area contributed by atoms with Gasteiger partial charge in [-0.25, -0.2) is 4.79 Å². The molecule has 0 aromatic carbocycles. The Balaban J connectivity index is 3.47. The minimum Gasteiger partial charge on any atom is -0.435 e. The van der Waals surface area contributed by atoms with Crippen molar-refractivity contribution in [3.63, 3.8) is 0 Å². The van der Waals surface area contributed by atoms with E-state index in [1.807, 2.05) is 0 Å². The first-order valence-electron chi connectivity index (χ1n) is 6.25. The molecule has 0 spiro atoms. The summed E-state index contributed by atoms with van der Waals surface area (Å²) in [5.41, 5.74) is 0.531. The highest BCUT2D eigenvalue weighted by Crippen LogP contribution is 2.10. The van der Waals surface area contributed by atoms with Gasteiger partial charge in [0.1, 0.15) is 0 Å². The van der Waals surface area contributed by atoms with Crippen LogP contribution < -0.4 is 0 Å². The molecule has 3 nitrogen and oxygen atoms in total. The fourth-order valence-corrected chi connectivity index (χ4v) is 1.37. The highest BCUT2D eigenvalue weighted by Gasteiger charge is 2.07. The summed E-state index contributed by atoms with van der Waals surface area (Å²) in [5, 5.41) is 0. The lowest BCUT2D eigenvalue weighted by Crippen LogP contribution is -2.10. The van der Waals surface area contributed by atoms with Crippen molar-refractivity contribution in [3.8, 4) is 0 Å². The molecule has 0 aliphatic rings. The first-order valence-corrected chi connectivity index (χ1v) is 6.25. The van der Waals surface area contributed by atoms with Crippen LogP contribution in [0.15, 0.2) is 24.8 Å². The zero-order valence-electron chi connectivity index (χ0n) is 10.9. The quantitative estimate of drug-likeness (QED) is 0.182. The number of hydrogen-bond acceptors (Lipinski definition) is 3. The molecular weight excluding hydrogens is 216 g/mol. The van der Waals surface area contributed by atoms with Crippen LogP contribution in [0.1, 0.15) is 45.4 Å². The van der Waals surface area contributed by atoms with E-state index in [-0.39, 0.29) is 12.8 Å². The number of unbranched alkanes of at least 4 members (excludes halogenated alkanes) is 4. The summed E-state index contributed by atoms with van der Waals surface area (Å²) in [7, 11) is 0. The lowest BCUT2D eigenvalue weighted by molar-refractivity contribution is -0.150. The predicted molar refractivity (Wildman–Crippen MR) is 69.6 cm³/mol. The van der Waals surface area contributed by atoms with Crippen molar-refractivity contribution in [2.24, 2.45) is 0 Å². The second-order valence-corrected chi connectivity index (χ2v) is 3.98. The molecule has 0 aromatic heterocycles. The van der Waals surface area contributed by atoms with Gasteiger partial charge in [-0.3, -0.25) is 0 Å². The Morgan fingerprint density at radius 1 is 1.24 bits per heavy atom. The Bertz CT molecular complexity index is 234. The van der Waals surface area contributed by atoms with Crippen LogP contribution in [0.25, 0.3) is 0 Å². The summed E-state index contributed by atoms with van der Waals surface area (Å²) in [4.78, 5) is 11.4. The fraction of sp³-hybridized carbons (Fsp3) is 0.643. The van der Waals surface area contributed by atoms with Gasteiger partial charge in [0.25, 0.3) is 0 Å². The van der Waals surface area contributed by atoms with Gasteiger partial charge in [-0.05, 0) is 12.8 Å². The lowest BCUT2D eigenvalue weighted by atomic mass is 10.1. The van der Waals surface area contributed by atoms with Gasteiger partial charge in [0, 0.05) is 5.57 Å². The van der Waals surface area contributed by atoms with Gasteiger partial charge in [0.05, 0.1) is 6.61 Å². The Hall–Kier alpha value is -1.09. The van der Waals surface area contributed by atoms with E-state index >= 15 is 0 Å². The Kier molecular flexibility index (Phi) is 10.7. The molecule has 0 fully saturated rings. The van der Waals surface area contributed by atoms with Crippen LogP contribution in [0.3, 0.4) is 0 Å². The Morgan fingerprint density at radius 3 is 2.59 bits per heavy atom. The third-order valence-corrected chi connectivity index (χ3v) is 2.38. The monoisotopic (exact) mass is 240 g/mol. The molecule has 0 bridgehead atoms. The molecule has 0 heterocycles. The van der Waals surface area contributed by atoms with Crippen LogP contribution in [0.4, 0.5) is 0 Å². The predicted octanol–water partition coefficient (Wildman–Crippen LogP) is 3.61. The summed E-state index contributed by atoms with van der Waals surface area (Å²) in [6, 6.07) is 0. The first-order chi connectivity index (χ1) is 8.22. The van der Waals surface area contributed by atoms with Gasteiger partial charge < -0.3 is 9.47 Å². The highest BCUT2D eigenvalue weighted by molar-refractivity contribution is 5.87. The van der Waals surface area contributed by atoms with Gasteiger partial charge in [-0.15, -0.1) is 6.58 Å². The summed E-state index contributed by atoms with van der Waals surface area (Å²) in [5.74, 6) is -0.357. The van der Waals surface area contributed by atoms with E-state index in [1.54, 1.807) is 6.08 Å². The molecule has 3 heteroatoms.